The topological polar surface area (TPSA) is 51.5 Å². The van der Waals surface area contributed by atoms with E-state index < -0.39 is 34.9 Å². The average molecular weight is 479 g/mol. The highest BCUT2D eigenvalue weighted by molar-refractivity contribution is 9.10. The van der Waals surface area contributed by atoms with E-state index in [0.29, 0.717) is 10.8 Å². The maximum absolute atomic E-state index is 13.6. The van der Waals surface area contributed by atoms with Crippen LogP contribution in [0.4, 0.5) is 23.2 Å². The van der Waals surface area contributed by atoms with Gasteiger partial charge in [-0.05, 0) is 30.3 Å². The average Bonchev–Trinajstić information content (AvgIpc) is 3.12. The van der Waals surface area contributed by atoms with Crippen molar-refractivity contribution in [3.05, 3.63) is 80.7 Å². The molecule has 0 saturated heterocycles. The molecule has 0 saturated carbocycles. The fourth-order valence-corrected chi connectivity index (χ4v) is 2.90. The van der Waals surface area contributed by atoms with E-state index >= 15 is 0 Å². The number of carbonyl (C=O) groups excluding carboxylic acids is 1. The Hall–Kier alpha value is -2.52. The molecule has 0 spiro atoms. The summed E-state index contributed by atoms with van der Waals surface area (Å²) in [6, 6.07) is 7.59. The van der Waals surface area contributed by atoms with Gasteiger partial charge in [-0.15, -0.1) is 0 Å². The Kier molecular flexibility index (Phi) is 5.95. The highest BCUT2D eigenvalue weighted by Crippen LogP contribution is 2.29. The molecular weight excluding hydrogens is 470 g/mol. The molecule has 1 amide bonds. The van der Waals surface area contributed by atoms with Gasteiger partial charge in [0.15, 0.2) is 29.0 Å². The van der Waals surface area contributed by atoms with Gasteiger partial charge in [0.25, 0.3) is 5.91 Å². The van der Waals surface area contributed by atoms with Gasteiger partial charge < -0.3 is 14.5 Å². The lowest BCUT2D eigenvalue weighted by Gasteiger charge is -2.08. The van der Waals surface area contributed by atoms with E-state index in [1.165, 1.54) is 12.1 Å². The first kappa shape index (κ1) is 20.2. The predicted octanol–water partition coefficient (Wildman–Crippen LogP) is 6.08. The van der Waals surface area contributed by atoms with Crippen molar-refractivity contribution in [3.8, 4) is 5.75 Å². The quantitative estimate of drug-likeness (QED) is 0.357. The number of hydrogen-bond donors (Lipinski definition) is 1. The summed E-state index contributed by atoms with van der Waals surface area (Å²) in [6.07, 6.45) is 0. The van der Waals surface area contributed by atoms with Crippen LogP contribution in [0.3, 0.4) is 0 Å². The number of ether oxygens (including phenoxy) is 1. The fraction of sp³-hybridized carbons (Fsp3) is 0.0556. The number of benzene rings is 2. The van der Waals surface area contributed by atoms with Crippen LogP contribution < -0.4 is 10.1 Å². The largest absolute Gasteiger partial charge is 0.484 e. The minimum atomic E-state index is -1.73. The molecule has 146 valence electrons. The third kappa shape index (κ3) is 4.31. The van der Waals surface area contributed by atoms with Gasteiger partial charge in [0.2, 0.25) is 0 Å². The summed E-state index contributed by atoms with van der Waals surface area (Å²) in [7, 11) is 0. The molecule has 1 aromatic heterocycles. The molecule has 0 atom stereocenters. The van der Waals surface area contributed by atoms with Crippen LogP contribution in [0.5, 0.6) is 5.75 Å². The normalized spacial score (nSPS) is 10.8. The van der Waals surface area contributed by atoms with Gasteiger partial charge in [-0.3, -0.25) is 4.79 Å². The van der Waals surface area contributed by atoms with Crippen LogP contribution in [0.15, 0.2) is 45.3 Å². The molecule has 0 unspecified atom stereocenters. The van der Waals surface area contributed by atoms with Crippen LogP contribution >= 0.6 is 27.5 Å². The van der Waals surface area contributed by atoms with Crippen LogP contribution in [0.2, 0.25) is 5.02 Å². The molecule has 1 N–H and O–H groups in total. The first-order valence-corrected chi connectivity index (χ1v) is 8.74. The molecule has 28 heavy (non-hydrogen) atoms. The third-order valence-corrected chi connectivity index (χ3v) is 4.29. The maximum Gasteiger partial charge on any atom is 0.291 e. The summed E-state index contributed by atoms with van der Waals surface area (Å²) in [5.41, 5.74) is -1.25. The lowest BCUT2D eigenvalue weighted by atomic mass is 10.2. The minimum absolute atomic E-state index is 0.0376. The Balaban J connectivity index is 1.71. The zero-order valence-corrected chi connectivity index (χ0v) is 16.0. The molecule has 0 aliphatic rings. The van der Waals surface area contributed by atoms with E-state index in [1.807, 2.05) is 0 Å². The van der Waals surface area contributed by atoms with Crippen molar-refractivity contribution in [1.29, 1.82) is 0 Å². The zero-order chi connectivity index (χ0) is 20.4. The first-order valence-electron chi connectivity index (χ1n) is 7.57. The molecular formula is C18H9BrClF4NO3. The van der Waals surface area contributed by atoms with E-state index in [0.717, 1.165) is 4.47 Å². The lowest BCUT2D eigenvalue weighted by molar-refractivity contribution is 0.0991. The van der Waals surface area contributed by atoms with Gasteiger partial charge in [-0.1, -0.05) is 27.5 Å². The smallest absolute Gasteiger partial charge is 0.291 e. The fourth-order valence-electron chi connectivity index (χ4n) is 2.18. The number of nitrogens with one attached hydrogen (secondary N) is 1. The van der Waals surface area contributed by atoms with Gasteiger partial charge in [-0.2, -0.15) is 0 Å². The van der Waals surface area contributed by atoms with Gasteiger partial charge in [-0.25, -0.2) is 17.6 Å². The molecule has 3 aromatic rings. The lowest BCUT2D eigenvalue weighted by Crippen LogP contribution is -2.15. The predicted molar refractivity (Wildman–Crippen MR) is 96.4 cm³/mol. The summed E-state index contributed by atoms with van der Waals surface area (Å²) >= 11 is 9.27. The Labute approximate surface area is 169 Å². The van der Waals surface area contributed by atoms with Crippen molar-refractivity contribution < 1.29 is 31.5 Å². The van der Waals surface area contributed by atoms with E-state index in [-0.39, 0.29) is 24.2 Å². The molecule has 1 heterocycles. The Morgan fingerprint density at radius 2 is 1.75 bits per heavy atom. The molecule has 3 rings (SSSR count). The Bertz CT molecular complexity index is 1030. The van der Waals surface area contributed by atoms with Crippen molar-refractivity contribution in [2.45, 2.75) is 6.61 Å². The SMILES string of the molecule is O=C(Nc1c(F)c(F)cc(F)c1F)c1ccc(COc2ccc(Br)cc2Cl)o1. The number of anilines is 1. The van der Waals surface area contributed by atoms with Gasteiger partial charge in [0.1, 0.15) is 23.8 Å². The molecule has 0 radical (unpaired) electrons. The van der Waals surface area contributed by atoms with Crippen LogP contribution in [-0.2, 0) is 6.61 Å². The maximum atomic E-state index is 13.6. The number of furan rings is 1. The molecule has 0 bridgehead atoms. The zero-order valence-electron chi connectivity index (χ0n) is 13.7. The highest BCUT2D eigenvalue weighted by Gasteiger charge is 2.22. The Morgan fingerprint density at radius 3 is 2.39 bits per heavy atom. The van der Waals surface area contributed by atoms with E-state index in [4.69, 9.17) is 20.8 Å². The third-order valence-electron chi connectivity index (χ3n) is 3.50. The summed E-state index contributed by atoms with van der Waals surface area (Å²) in [6.45, 7) is -0.0913. The number of rotatable bonds is 5. The van der Waals surface area contributed by atoms with Crippen LogP contribution in [0.25, 0.3) is 0 Å². The second-order valence-corrected chi connectivity index (χ2v) is 6.75. The van der Waals surface area contributed by atoms with E-state index in [2.05, 4.69) is 15.9 Å². The second-order valence-electron chi connectivity index (χ2n) is 5.43. The second kappa shape index (κ2) is 8.24. The van der Waals surface area contributed by atoms with E-state index in [1.54, 1.807) is 23.5 Å². The first-order chi connectivity index (χ1) is 13.3. The van der Waals surface area contributed by atoms with Crippen molar-refractivity contribution in [2.24, 2.45) is 0 Å². The van der Waals surface area contributed by atoms with Crippen molar-refractivity contribution >= 4 is 39.1 Å². The number of amides is 1. The molecule has 0 aliphatic carbocycles. The highest BCUT2D eigenvalue weighted by atomic mass is 79.9. The summed E-state index contributed by atoms with van der Waals surface area (Å²) in [5.74, 6) is -7.62. The van der Waals surface area contributed by atoms with Gasteiger partial charge in [0, 0.05) is 10.5 Å². The summed E-state index contributed by atoms with van der Waals surface area (Å²) in [4.78, 5) is 12.1. The molecule has 0 fully saturated rings. The minimum Gasteiger partial charge on any atom is -0.484 e. The van der Waals surface area contributed by atoms with Gasteiger partial charge >= 0.3 is 0 Å². The standard InChI is InChI=1S/C18H9BrClF4NO3/c19-8-1-3-13(10(20)5-8)27-7-9-2-4-14(28-9)18(26)25-17-15(23)11(21)6-12(22)16(17)24/h1-6H,7H2,(H,25,26). The van der Waals surface area contributed by atoms with Gasteiger partial charge in [0.05, 0.1) is 5.02 Å². The number of hydrogen-bond acceptors (Lipinski definition) is 3. The summed E-state index contributed by atoms with van der Waals surface area (Å²) < 4.78 is 65.1. The molecule has 0 aliphatic heterocycles. The monoisotopic (exact) mass is 477 g/mol. The van der Waals surface area contributed by atoms with Crippen molar-refractivity contribution in [2.75, 3.05) is 5.32 Å². The van der Waals surface area contributed by atoms with Crippen molar-refractivity contribution in [3.63, 3.8) is 0 Å². The Morgan fingerprint density at radius 1 is 1.07 bits per heavy atom. The van der Waals surface area contributed by atoms with Crippen LogP contribution in [-0.4, -0.2) is 5.91 Å². The van der Waals surface area contributed by atoms with Crippen LogP contribution in [0, 0.1) is 23.3 Å². The van der Waals surface area contributed by atoms with Crippen molar-refractivity contribution in [1.82, 2.24) is 0 Å². The number of halogens is 6. The van der Waals surface area contributed by atoms with Crippen LogP contribution in [0.1, 0.15) is 16.3 Å². The van der Waals surface area contributed by atoms with E-state index in [9.17, 15) is 22.4 Å². The molecule has 10 heteroatoms. The molecule has 2 aromatic carbocycles. The summed E-state index contributed by atoms with van der Waals surface area (Å²) in [5, 5.41) is 2.09. The molecule has 4 nitrogen and oxygen atoms in total. The number of carbonyl (C=O) groups is 1.